The maximum absolute atomic E-state index is 11.9. The highest BCUT2D eigenvalue weighted by Crippen LogP contribution is 2.16. The number of phenols is 1. The predicted octanol–water partition coefficient (Wildman–Crippen LogP) is 1.07. The summed E-state index contributed by atoms with van der Waals surface area (Å²) < 4.78 is 0. The number of carbonyl (C=O) groups is 1. The number of thiocarbonyl (C=S) groups is 1. The van der Waals surface area contributed by atoms with Crippen molar-refractivity contribution in [3.8, 4) is 5.75 Å². The molecule has 17 heavy (non-hydrogen) atoms. The van der Waals surface area contributed by atoms with Gasteiger partial charge in [-0.2, -0.15) is 0 Å². The van der Waals surface area contributed by atoms with Gasteiger partial charge in [-0.25, -0.2) is 0 Å². The highest BCUT2D eigenvalue weighted by molar-refractivity contribution is 7.80. The largest absolute Gasteiger partial charge is 0.508 e. The minimum absolute atomic E-state index is 0.0956. The Morgan fingerprint density at radius 1 is 1.47 bits per heavy atom. The Morgan fingerprint density at radius 3 is 2.65 bits per heavy atom. The standard InChI is InChI=1S/C12H16N2O2S/c1-2-14(8-11(13)17)12(16)7-9-5-3-4-6-10(9)15/h3-6,15H,2,7-8H2,1H3,(H2,13,17). The molecule has 0 radical (unpaired) electrons. The second-order valence-electron chi connectivity index (χ2n) is 3.68. The smallest absolute Gasteiger partial charge is 0.227 e. The van der Waals surface area contributed by atoms with Gasteiger partial charge in [0.25, 0.3) is 0 Å². The number of nitrogens with zero attached hydrogens (tertiary/aromatic N) is 1. The van der Waals surface area contributed by atoms with Gasteiger partial charge in [-0.05, 0) is 13.0 Å². The Kier molecular flexibility index (Phi) is 4.90. The molecule has 0 aliphatic rings. The minimum atomic E-state index is -0.0956. The van der Waals surface area contributed by atoms with Gasteiger partial charge in [-0.1, -0.05) is 30.4 Å². The molecule has 0 unspecified atom stereocenters. The van der Waals surface area contributed by atoms with E-state index >= 15 is 0 Å². The molecule has 1 aromatic carbocycles. The van der Waals surface area contributed by atoms with Crippen LogP contribution >= 0.6 is 12.2 Å². The van der Waals surface area contributed by atoms with Crippen LogP contribution in [0.1, 0.15) is 12.5 Å². The van der Waals surface area contributed by atoms with Crippen molar-refractivity contribution in [3.63, 3.8) is 0 Å². The van der Waals surface area contributed by atoms with Crippen molar-refractivity contribution in [1.82, 2.24) is 4.90 Å². The van der Waals surface area contributed by atoms with Crippen molar-refractivity contribution in [2.75, 3.05) is 13.1 Å². The number of amides is 1. The van der Waals surface area contributed by atoms with Gasteiger partial charge in [0, 0.05) is 12.1 Å². The Labute approximate surface area is 106 Å². The lowest BCUT2D eigenvalue weighted by molar-refractivity contribution is -0.129. The van der Waals surface area contributed by atoms with E-state index in [1.54, 1.807) is 29.2 Å². The molecule has 5 heteroatoms. The van der Waals surface area contributed by atoms with Crippen molar-refractivity contribution < 1.29 is 9.90 Å². The van der Waals surface area contributed by atoms with Crippen LogP contribution in [-0.4, -0.2) is 34.0 Å². The molecular weight excluding hydrogens is 236 g/mol. The molecule has 3 N–H and O–H groups in total. The number of nitrogens with two attached hydrogens (primary N) is 1. The monoisotopic (exact) mass is 252 g/mol. The molecule has 1 amide bonds. The summed E-state index contributed by atoms with van der Waals surface area (Å²) in [6.07, 6.45) is 0.156. The third-order valence-electron chi connectivity index (χ3n) is 2.41. The van der Waals surface area contributed by atoms with Crippen LogP contribution in [0.2, 0.25) is 0 Å². The molecule has 0 spiro atoms. The summed E-state index contributed by atoms with van der Waals surface area (Å²) in [5, 5.41) is 9.57. The number of rotatable bonds is 5. The van der Waals surface area contributed by atoms with Gasteiger partial charge in [-0.3, -0.25) is 4.79 Å². The third-order valence-corrected chi connectivity index (χ3v) is 2.54. The van der Waals surface area contributed by atoms with E-state index in [0.29, 0.717) is 12.1 Å². The van der Waals surface area contributed by atoms with E-state index < -0.39 is 0 Å². The van der Waals surface area contributed by atoms with E-state index in [2.05, 4.69) is 0 Å². The van der Waals surface area contributed by atoms with Crippen molar-refractivity contribution in [2.24, 2.45) is 5.73 Å². The molecule has 0 heterocycles. The van der Waals surface area contributed by atoms with Crippen LogP contribution in [0.3, 0.4) is 0 Å². The second kappa shape index (κ2) is 6.20. The lowest BCUT2D eigenvalue weighted by Crippen LogP contribution is -2.38. The number of benzene rings is 1. The van der Waals surface area contributed by atoms with Gasteiger partial charge in [0.1, 0.15) is 5.75 Å². The highest BCUT2D eigenvalue weighted by atomic mass is 32.1. The predicted molar refractivity (Wildman–Crippen MR) is 70.9 cm³/mol. The first-order valence-electron chi connectivity index (χ1n) is 5.37. The summed E-state index contributed by atoms with van der Waals surface area (Å²) in [6.45, 7) is 2.68. The third kappa shape index (κ3) is 4.03. The van der Waals surface area contributed by atoms with Gasteiger partial charge in [0.05, 0.1) is 18.0 Å². The average molecular weight is 252 g/mol. The molecule has 1 rings (SSSR count). The van der Waals surface area contributed by atoms with E-state index in [-0.39, 0.29) is 29.6 Å². The summed E-state index contributed by atoms with van der Waals surface area (Å²) >= 11 is 4.78. The van der Waals surface area contributed by atoms with Crippen LogP contribution in [-0.2, 0) is 11.2 Å². The zero-order valence-corrected chi connectivity index (χ0v) is 10.5. The number of aromatic hydroxyl groups is 1. The highest BCUT2D eigenvalue weighted by Gasteiger charge is 2.14. The number of carbonyl (C=O) groups excluding carboxylic acids is 1. The van der Waals surface area contributed by atoms with Crippen LogP contribution in [0, 0.1) is 0 Å². The lowest BCUT2D eigenvalue weighted by atomic mass is 10.1. The van der Waals surface area contributed by atoms with Crippen LogP contribution in [0.5, 0.6) is 5.75 Å². The summed E-state index contributed by atoms with van der Waals surface area (Å²) in [5.74, 6) is 0.0361. The SMILES string of the molecule is CCN(CC(N)=S)C(=O)Cc1ccccc1O. The molecule has 0 atom stereocenters. The van der Waals surface area contributed by atoms with Gasteiger partial charge in [0.2, 0.25) is 5.91 Å². The summed E-state index contributed by atoms with van der Waals surface area (Å²) in [5.41, 5.74) is 6.03. The molecule has 0 aromatic heterocycles. The number of para-hydroxylation sites is 1. The fourth-order valence-electron chi connectivity index (χ4n) is 1.50. The van der Waals surface area contributed by atoms with Crippen molar-refractivity contribution >= 4 is 23.1 Å². The van der Waals surface area contributed by atoms with E-state index in [1.807, 2.05) is 6.92 Å². The van der Waals surface area contributed by atoms with Crippen molar-refractivity contribution in [2.45, 2.75) is 13.3 Å². The molecule has 0 aliphatic heterocycles. The number of hydrogen-bond donors (Lipinski definition) is 2. The molecule has 0 saturated heterocycles. The molecule has 0 bridgehead atoms. The Morgan fingerprint density at radius 2 is 2.12 bits per heavy atom. The Hall–Kier alpha value is -1.62. The summed E-state index contributed by atoms with van der Waals surface area (Å²) in [4.78, 5) is 13.8. The van der Waals surface area contributed by atoms with Crippen molar-refractivity contribution in [1.29, 1.82) is 0 Å². The zero-order chi connectivity index (χ0) is 12.8. The maximum atomic E-state index is 11.9. The van der Waals surface area contributed by atoms with Crippen LogP contribution in [0.4, 0.5) is 0 Å². The minimum Gasteiger partial charge on any atom is -0.508 e. The molecular formula is C12H16N2O2S. The molecule has 0 fully saturated rings. The number of hydrogen-bond acceptors (Lipinski definition) is 3. The first-order chi connectivity index (χ1) is 8.04. The van der Waals surface area contributed by atoms with Crippen LogP contribution in [0.25, 0.3) is 0 Å². The van der Waals surface area contributed by atoms with Gasteiger partial charge >= 0.3 is 0 Å². The van der Waals surface area contributed by atoms with E-state index in [1.165, 1.54) is 0 Å². The molecule has 4 nitrogen and oxygen atoms in total. The zero-order valence-electron chi connectivity index (χ0n) is 9.72. The Bertz CT molecular complexity index is 421. The molecule has 0 saturated carbocycles. The van der Waals surface area contributed by atoms with Crippen LogP contribution < -0.4 is 5.73 Å². The first kappa shape index (κ1) is 13.4. The number of phenolic OH excluding ortho intramolecular Hbond substituents is 1. The van der Waals surface area contributed by atoms with E-state index in [0.717, 1.165) is 0 Å². The average Bonchev–Trinajstić information content (AvgIpc) is 2.28. The first-order valence-corrected chi connectivity index (χ1v) is 5.78. The maximum Gasteiger partial charge on any atom is 0.227 e. The number of likely N-dealkylation sites (N-methyl/N-ethyl adjacent to an activating group) is 1. The quantitative estimate of drug-likeness (QED) is 0.769. The molecule has 1 aromatic rings. The van der Waals surface area contributed by atoms with Gasteiger partial charge < -0.3 is 15.7 Å². The fraction of sp³-hybridized carbons (Fsp3) is 0.333. The topological polar surface area (TPSA) is 66.6 Å². The van der Waals surface area contributed by atoms with Crippen molar-refractivity contribution in [3.05, 3.63) is 29.8 Å². The molecule has 92 valence electrons. The fourth-order valence-corrected chi connectivity index (χ4v) is 1.66. The normalized spacial score (nSPS) is 9.94. The lowest BCUT2D eigenvalue weighted by Gasteiger charge is -2.20. The Balaban J connectivity index is 2.71. The summed E-state index contributed by atoms with van der Waals surface area (Å²) in [7, 11) is 0. The van der Waals surface area contributed by atoms with Gasteiger partial charge in [0.15, 0.2) is 0 Å². The van der Waals surface area contributed by atoms with Gasteiger partial charge in [-0.15, -0.1) is 0 Å². The second-order valence-corrected chi connectivity index (χ2v) is 4.20. The van der Waals surface area contributed by atoms with Crippen LogP contribution in [0.15, 0.2) is 24.3 Å². The summed E-state index contributed by atoms with van der Waals surface area (Å²) in [6, 6.07) is 6.79. The molecule has 0 aliphatic carbocycles. The van der Waals surface area contributed by atoms with E-state index in [4.69, 9.17) is 18.0 Å². The van der Waals surface area contributed by atoms with E-state index in [9.17, 15) is 9.90 Å².